The minimum absolute atomic E-state index is 0.392. The van der Waals surface area contributed by atoms with Crippen LogP contribution in [0, 0.1) is 69.0 Å². The van der Waals surface area contributed by atoms with Crippen LogP contribution in [0.5, 0.6) is 0 Å². The summed E-state index contributed by atoms with van der Waals surface area (Å²) in [4.78, 5) is 0. The van der Waals surface area contributed by atoms with E-state index in [1.54, 1.807) is 0 Å². The summed E-state index contributed by atoms with van der Waals surface area (Å²) in [7, 11) is -8.87. The fourth-order valence-corrected chi connectivity index (χ4v) is 15.5. The van der Waals surface area contributed by atoms with Gasteiger partial charge >= 0.3 is 0 Å². The highest BCUT2D eigenvalue weighted by molar-refractivity contribution is 8.00. The molecule has 21 heteroatoms. The molecule has 12 fully saturated rings. The van der Waals surface area contributed by atoms with Gasteiger partial charge in [-0.1, -0.05) is 296 Å². The third kappa shape index (κ3) is 275. The van der Waals surface area contributed by atoms with Gasteiger partial charge in [0.25, 0.3) is 0 Å². The van der Waals surface area contributed by atoms with Crippen molar-refractivity contribution in [1.29, 1.82) is 0 Å². The molecule has 0 unspecified atom stereocenters. The van der Waals surface area contributed by atoms with E-state index in [1.807, 2.05) is 11.8 Å². The standard InChI is InChI=1S/C5H10O2S.C5H10OS.C5H10O.C5H10S.4C5H12.C4H8O2S.C4H8OS.C4H8O.C4H8S.8C4H10.C3H6O2S.C3H6OS.C3H6O.C3H6S/c6-8(7)4-2-1-3-5-8;6-7-4-2-1-3-5-7;2*1-2-4-6-5-3-1;4*1-5(2,3)4;5-7(6)3-1-2-4-7;5-6-3-1-2-4-6;2*1-2-4-5-3-1;8*1-4(2)3;4-6(5)2-1-3-6;4-5-2-1-3-5;2*1-2-4-3-1/h1-5H2;1-5H2;2*1-5H2;4*1-4H3;1-4H2;1-4H2;2*1-4H2;8*4H,1-3H3;1-3H2;1-3H2;2*1-3H2. The van der Waals surface area contributed by atoms with Gasteiger partial charge < -0.3 is 14.2 Å². The van der Waals surface area contributed by atoms with Crippen LogP contribution < -0.4 is 0 Å². The molecule has 0 aromatic rings. The van der Waals surface area contributed by atoms with Crippen LogP contribution in [0.15, 0.2) is 0 Å². The predicted octanol–water partition coefficient (Wildman–Crippen LogP) is 30.6. The summed E-state index contributed by atoms with van der Waals surface area (Å²) >= 11 is 6.21. The molecule has 12 saturated heterocycles. The molecule has 12 nitrogen and oxygen atoms in total. The Balaban J connectivity index is -0.000000103. The number of rotatable bonds is 0. The summed E-state index contributed by atoms with van der Waals surface area (Å²) < 4.78 is 108. The lowest BCUT2D eigenvalue weighted by Gasteiger charge is -2.09. The third-order valence-electron chi connectivity index (χ3n) is 11.4. The van der Waals surface area contributed by atoms with Gasteiger partial charge in [-0.25, -0.2) is 25.3 Å². The van der Waals surface area contributed by atoms with Crippen molar-refractivity contribution < 1.29 is 52.1 Å². The molecule has 12 rings (SSSR count). The minimum atomic E-state index is -2.58. The van der Waals surface area contributed by atoms with E-state index in [-0.39, 0.29) is 0 Å². The summed E-state index contributed by atoms with van der Waals surface area (Å²) in [6.07, 6.45) is 29.3. The fourth-order valence-electron chi connectivity index (χ4n) is 6.43. The largest absolute Gasteiger partial charge is 0.381 e. The normalized spacial score (nSPS) is 18.9. The Morgan fingerprint density at radius 2 is 0.331 bits per heavy atom. The first-order valence-corrected chi connectivity index (χ1v) is 61.7. The highest BCUT2D eigenvalue weighted by Gasteiger charge is 2.20. The van der Waals surface area contributed by atoms with E-state index in [9.17, 15) is 37.9 Å². The van der Waals surface area contributed by atoms with Crippen molar-refractivity contribution in [2.75, 3.05) is 143 Å². The number of hydrogen-bond acceptors (Lipinski definition) is 15. The lowest BCUT2D eigenvalue weighted by atomic mass is 10.0. The molecule has 0 aromatic carbocycles. The molecule has 0 aliphatic carbocycles. The van der Waals surface area contributed by atoms with Crippen molar-refractivity contribution in [3.63, 3.8) is 0 Å². The van der Waals surface area contributed by atoms with Gasteiger partial charge in [-0.05, 0) is 238 Å². The number of hydrogen-bond donors (Lipinski definition) is 0. The molecule has 12 heterocycles. The van der Waals surface area contributed by atoms with Gasteiger partial charge in [0.05, 0.1) is 34.5 Å². The highest BCUT2D eigenvalue weighted by Crippen LogP contribution is 2.18. The zero-order valence-corrected chi connectivity index (χ0v) is 96.5. The minimum Gasteiger partial charge on any atom is -0.381 e. The molecule has 12 aliphatic heterocycles. The van der Waals surface area contributed by atoms with Crippen molar-refractivity contribution in [2.45, 2.75) is 431 Å². The Labute approximate surface area is 786 Å². The second-order valence-corrected chi connectivity index (χ2v) is 59.7. The van der Waals surface area contributed by atoms with Gasteiger partial charge in [0, 0.05) is 107 Å². The Bertz CT molecular complexity index is 2070. The van der Waals surface area contributed by atoms with Gasteiger partial charge in [0.2, 0.25) is 0 Å². The molecule has 12 aliphatic rings. The first kappa shape index (κ1) is 148. The van der Waals surface area contributed by atoms with Crippen molar-refractivity contribution in [1.82, 2.24) is 0 Å². The SMILES string of the molecule is C1CCOC1.C1CCOCC1.C1CCSC1.C1CCSCC1.C1COC1.C1CSC1.CC(C)(C)C.CC(C)(C)C.CC(C)(C)C.CC(C)(C)C.CC(C)C.CC(C)C.CC(C)C.CC(C)C.CC(C)C.CC(C)C.CC(C)C.CC(C)C.O=S1(=O)CCC1.O=S1(=O)CCCC1.O=S1(=O)CCCCC1.O=S1CCC1.O=S1CCCC1.O=S1CCCCC1. The Kier molecular flexibility index (Phi) is 126. The summed E-state index contributed by atoms with van der Waals surface area (Å²) in [6, 6.07) is 0. The predicted molar refractivity (Wildman–Crippen MR) is 569 cm³/mol. The second kappa shape index (κ2) is 103. The molecular weight excluding hydrogens is 1680 g/mol. The van der Waals surface area contributed by atoms with Crippen LogP contribution in [0.4, 0.5) is 0 Å². The monoisotopic (exact) mass is 1910 g/mol. The average molecular weight is 1910 g/mol. The maximum absolute atomic E-state index is 10.7. The fraction of sp³-hybridized carbons (Fsp3) is 1.00. The number of ether oxygens (including phenoxy) is 3. The zero-order valence-electron chi connectivity index (χ0n) is 89.1. The molecule has 0 radical (unpaired) electrons. The lowest BCUT2D eigenvalue weighted by Crippen LogP contribution is -2.23. The van der Waals surface area contributed by atoms with Gasteiger partial charge in [-0.15, -0.1) is 0 Å². The zero-order chi connectivity index (χ0) is 97.0. The third-order valence-corrected chi connectivity index (χ3v) is 24.8. The Morgan fingerprint density at radius 1 is 0.198 bits per heavy atom. The van der Waals surface area contributed by atoms with Crippen molar-refractivity contribution >= 4 is 97.2 Å². The molecule has 750 valence electrons. The second-order valence-electron chi connectivity index (χ2n) is 44.0. The average Bonchev–Trinajstić information content (AvgIpc) is 1.70. The lowest BCUT2D eigenvalue weighted by molar-refractivity contribution is 0.0367. The van der Waals surface area contributed by atoms with Crippen molar-refractivity contribution in [2.24, 2.45) is 69.0 Å². The van der Waals surface area contributed by atoms with Gasteiger partial charge in [-0.3, -0.25) is 12.6 Å². The van der Waals surface area contributed by atoms with E-state index in [2.05, 4.69) is 300 Å². The van der Waals surface area contributed by atoms with Crippen molar-refractivity contribution in [3.8, 4) is 0 Å². The number of sulfone groups is 3. The molecule has 0 amide bonds. The van der Waals surface area contributed by atoms with Crippen LogP contribution in [0.1, 0.15) is 431 Å². The molecule has 0 N–H and O–H groups in total. The Hall–Kier alpha value is 1.23. The summed E-state index contributed by atoms with van der Waals surface area (Å²) in [5.41, 5.74) is 2.00. The maximum atomic E-state index is 10.7. The van der Waals surface area contributed by atoms with Crippen LogP contribution in [-0.2, 0) is 76.1 Å². The molecule has 121 heavy (non-hydrogen) atoms. The van der Waals surface area contributed by atoms with Gasteiger partial charge in [0.15, 0.2) is 0 Å². The molecule has 0 atom stereocenters. The summed E-state index contributed by atoms with van der Waals surface area (Å²) in [5.74, 6) is 23.5. The molecule has 0 spiro atoms. The van der Waals surface area contributed by atoms with E-state index >= 15 is 0 Å². The van der Waals surface area contributed by atoms with E-state index in [1.165, 1.54) is 150 Å². The van der Waals surface area contributed by atoms with E-state index in [4.69, 9.17) is 14.2 Å². The highest BCUT2D eigenvalue weighted by atomic mass is 32.2. The first-order valence-electron chi connectivity index (χ1n) is 48.3. The quantitative estimate of drug-likeness (QED) is 0.223. The van der Waals surface area contributed by atoms with Gasteiger partial charge in [0.1, 0.15) is 29.5 Å². The van der Waals surface area contributed by atoms with E-state index < -0.39 is 61.9 Å². The van der Waals surface area contributed by atoms with E-state index in [0.29, 0.717) is 56.2 Å². The van der Waals surface area contributed by atoms with Crippen molar-refractivity contribution in [3.05, 3.63) is 0 Å². The molecule has 0 saturated carbocycles. The molecule has 0 aromatic heterocycles. The smallest absolute Gasteiger partial charge is 0.150 e. The summed E-state index contributed by atoms with van der Waals surface area (Å²) in [5, 5.41) is 0. The van der Waals surface area contributed by atoms with E-state index in [0.717, 1.165) is 160 Å². The number of thioether (sulfide) groups is 3. The first-order chi connectivity index (χ1) is 55.2. The van der Waals surface area contributed by atoms with Crippen LogP contribution >= 0.6 is 35.3 Å². The topological polar surface area (TPSA) is 181 Å². The van der Waals surface area contributed by atoms with Crippen LogP contribution in [0.3, 0.4) is 0 Å². The maximum Gasteiger partial charge on any atom is 0.150 e. The van der Waals surface area contributed by atoms with Crippen LogP contribution in [0.2, 0.25) is 0 Å². The molecule has 0 bridgehead atoms. The van der Waals surface area contributed by atoms with Crippen LogP contribution in [-0.4, -0.2) is 181 Å². The van der Waals surface area contributed by atoms with Gasteiger partial charge in [-0.2, -0.15) is 35.3 Å². The van der Waals surface area contributed by atoms with Crippen LogP contribution in [0.25, 0.3) is 0 Å². The molecular formula is C100H224O12S9. The Morgan fingerprint density at radius 3 is 0.413 bits per heavy atom. The summed E-state index contributed by atoms with van der Waals surface area (Å²) in [6.45, 7) is 93.0.